The zero-order valence-corrected chi connectivity index (χ0v) is 17.8. The number of guanidine groups is 1. The minimum Gasteiger partial charge on any atom is -0.357 e. The van der Waals surface area contributed by atoms with Gasteiger partial charge in [-0.05, 0) is 44.4 Å². The van der Waals surface area contributed by atoms with Gasteiger partial charge in [0.2, 0.25) is 0 Å². The minimum absolute atomic E-state index is 0. The van der Waals surface area contributed by atoms with Gasteiger partial charge in [-0.3, -0.25) is 0 Å². The van der Waals surface area contributed by atoms with Crippen molar-refractivity contribution < 1.29 is 4.39 Å². The van der Waals surface area contributed by atoms with E-state index < -0.39 is 0 Å². The van der Waals surface area contributed by atoms with E-state index in [1.54, 1.807) is 12.1 Å². The van der Waals surface area contributed by atoms with Crippen LogP contribution in [0.1, 0.15) is 37.0 Å². The van der Waals surface area contributed by atoms with Crippen molar-refractivity contribution in [1.29, 1.82) is 0 Å². The summed E-state index contributed by atoms with van der Waals surface area (Å²) >= 11 is 0. The van der Waals surface area contributed by atoms with Crippen LogP contribution in [0.5, 0.6) is 0 Å². The number of hydrogen-bond donors (Lipinski definition) is 2. The number of aromatic nitrogens is 3. The smallest absolute Gasteiger partial charge is 0.191 e. The largest absolute Gasteiger partial charge is 0.357 e. The molecule has 0 aliphatic heterocycles. The van der Waals surface area contributed by atoms with E-state index in [1.165, 1.54) is 6.07 Å². The van der Waals surface area contributed by atoms with E-state index in [0.29, 0.717) is 6.54 Å². The lowest BCUT2D eigenvalue weighted by atomic mass is 9.96. The summed E-state index contributed by atoms with van der Waals surface area (Å²) < 4.78 is 15.5. The average molecular weight is 472 g/mol. The van der Waals surface area contributed by atoms with Crippen LogP contribution in [0.15, 0.2) is 29.3 Å². The highest BCUT2D eigenvalue weighted by molar-refractivity contribution is 14.0. The first kappa shape index (κ1) is 20.6. The van der Waals surface area contributed by atoms with Crippen molar-refractivity contribution in [2.24, 2.45) is 12.0 Å². The molecular formula is C18H26FIN6. The van der Waals surface area contributed by atoms with Crippen LogP contribution in [0, 0.1) is 12.7 Å². The highest BCUT2D eigenvalue weighted by Crippen LogP contribution is 2.47. The van der Waals surface area contributed by atoms with Gasteiger partial charge in [-0.1, -0.05) is 12.1 Å². The monoisotopic (exact) mass is 472 g/mol. The molecule has 0 saturated heterocycles. The maximum Gasteiger partial charge on any atom is 0.191 e. The van der Waals surface area contributed by atoms with Crippen LogP contribution >= 0.6 is 24.0 Å². The first-order valence-electron chi connectivity index (χ1n) is 8.67. The highest BCUT2D eigenvalue weighted by Gasteiger charge is 2.44. The third kappa shape index (κ3) is 4.72. The first-order valence-corrected chi connectivity index (χ1v) is 8.67. The number of hydrogen-bond acceptors (Lipinski definition) is 3. The van der Waals surface area contributed by atoms with Gasteiger partial charge in [0, 0.05) is 25.6 Å². The third-order valence-electron chi connectivity index (χ3n) is 4.79. The van der Waals surface area contributed by atoms with E-state index >= 15 is 0 Å². The van der Waals surface area contributed by atoms with Crippen LogP contribution in [-0.4, -0.2) is 33.8 Å². The van der Waals surface area contributed by atoms with Gasteiger partial charge in [0.15, 0.2) is 11.8 Å². The standard InChI is InChI=1S/C18H25FN6.HI/c1-4-20-17(21-11-16-24-23-13(2)25(16)3)22-12-18(8-9-18)14-6-5-7-15(19)10-14;/h5-7,10H,4,8-9,11-12H2,1-3H3,(H2,20,21,22);1H. The van der Waals surface area contributed by atoms with Gasteiger partial charge in [-0.2, -0.15) is 0 Å². The van der Waals surface area contributed by atoms with E-state index in [-0.39, 0.29) is 35.2 Å². The van der Waals surface area contributed by atoms with Crippen molar-refractivity contribution in [3.05, 3.63) is 47.3 Å². The van der Waals surface area contributed by atoms with Crippen molar-refractivity contribution in [3.8, 4) is 0 Å². The average Bonchev–Trinajstić information content (AvgIpc) is 3.33. The fraction of sp³-hybridized carbons (Fsp3) is 0.500. The van der Waals surface area contributed by atoms with Crippen LogP contribution in [0.25, 0.3) is 0 Å². The molecular weight excluding hydrogens is 446 g/mol. The number of nitrogens with zero attached hydrogens (tertiary/aromatic N) is 4. The molecule has 0 amide bonds. The van der Waals surface area contributed by atoms with Crippen LogP contribution < -0.4 is 10.6 Å². The van der Waals surface area contributed by atoms with Gasteiger partial charge in [-0.15, -0.1) is 34.2 Å². The third-order valence-corrected chi connectivity index (χ3v) is 4.79. The van der Waals surface area contributed by atoms with Crippen molar-refractivity contribution in [1.82, 2.24) is 25.4 Å². The Hall–Kier alpha value is -1.71. The van der Waals surface area contributed by atoms with Crippen molar-refractivity contribution in [3.63, 3.8) is 0 Å². The Labute approximate surface area is 170 Å². The number of aryl methyl sites for hydroxylation is 1. The van der Waals surface area contributed by atoms with E-state index in [1.807, 2.05) is 31.5 Å². The SMILES string of the molecule is CCNC(=NCc1nnc(C)n1C)NCC1(c2cccc(F)c2)CC1.I. The second-order valence-electron chi connectivity index (χ2n) is 6.56. The molecule has 142 valence electrons. The van der Waals surface area contributed by atoms with E-state index in [2.05, 4.69) is 25.8 Å². The fourth-order valence-electron chi connectivity index (χ4n) is 2.87. The molecule has 0 unspecified atom stereocenters. The molecule has 1 aromatic heterocycles. The zero-order valence-electron chi connectivity index (χ0n) is 15.4. The molecule has 3 rings (SSSR count). The highest BCUT2D eigenvalue weighted by atomic mass is 127. The predicted molar refractivity (Wildman–Crippen MR) is 111 cm³/mol. The Balaban J connectivity index is 0.00000243. The summed E-state index contributed by atoms with van der Waals surface area (Å²) in [6, 6.07) is 6.91. The summed E-state index contributed by atoms with van der Waals surface area (Å²) in [5.74, 6) is 2.25. The van der Waals surface area contributed by atoms with Gasteiger partial charge in [0.1, 0.15) is 18.2 Å². The number of aliphatic imine (C=N–C) groups is 1. The molecule has 1 aliphatic carbocycles. The van der Waals surface area contributed by atoms with E-state index in [0.717, 1.165) is 49.1 Å². The zero-order chi connectivity index (χ0) is 17.9. The van der Waals surface area contributed by atoms with E-state index in [4.69, 9.17) is 0 Å². The Morgan fingerprint density at radius 1 is 1.31 bits per heavy atom. The molecule has 26 heavy (non-hydrogen) atoms. The molecule has 6 nitrogen and oxygen atoms in total. The minimum atomic E-state index is -0.179. The topological polar surface area (TPSA) is 67.1 Å². The number of halogens is 2. The van der Waals surface area contributed by atoms with Crippen LogP contribution in [0.2, 0.25) is 0 Å². The molecule has 1 heterocycles. The lowest BCUT2D eigenvalue weighted by Crippen LogP contribution is -2.41. The molecule has 0 spiro atoms. The maximum absolute atomic E-state index is 13.5. The molecule has 2 aromatic rings. The molecule has 1 aliphatic rings. The van der Waals surface area contributed by atoms with Gasteiger partial charge in [-0.25, -0.2) is 9.38 Å². The predicted octanol–water partition coefficient (Wildman–Crippen LogP) is 2.67. The van der Waals surface area contributed by atoms with Crippen molar-refractivity contribution >= 4 is 29.9 Å². The lowest BCUT2D eigenvalue weighted by molar-refractivity contribution is 0.607. The van der Waals surface area contributed by atoms with E-state index in [9.17, 15) is 4.39 Å². The molecule has 1 saturated carbocycles. The lowest BCUT2D eigenvalue weighted by Gasteiger charge is -2.19. The summed E-state index contributed by atoms with van der Waals surface area (Å²) in [6.45, 7) is 5.92. The van der Waals surface area contributed by atoms with Crippen molar-refractivity contribution in [2.75, 3.05) is 13.1 Å². The summed E-state index contributed by atoms with van der Waals surface area (Å²) in [6.07, 6.45) is 2.12. The maximum atomic E-state index is 13.5. The molecule has 2 N–H and O–H groups in total. The molecule has 0 bridgehead atoms. The summed E-state index contributed by atoms with van der Waals surface area (Å²) in [4.78, 5) is 4.60. The number of nitrogens with one attached hydrogen (secondary N) is 2. The summed E-state index contributed by atoms with van der Waals surface area (Å²) in [5.41, 5.74) is 1.07. The van der Waals surface area contributed by atoms with Crippen LogP contribution in [0.3, 0.4) is 0 Å². The molecule has 0 radical (unpaired) electrons. The quantitative estimate of drug-likeness (QED) is 0.386. The van der Waals surface area contributed by atoms with Crippen LogP contribution in [-0.2, 0) is 19.0 Å². The van der Waals surface area contributed by atoms with Gasteiger partial charge in [0.05, 0.1) is 0 Å². The number of benzene rings is 1. The van der Waals surface area contributed by atoms with Crippen LogP contribution in [0.4, 0.5) is 4.39 Å². The Bertz CT molecular complexity index is 769. The second-order valence-corrected chi connectivity index (χ2v) is 6.56. The number of rotatable bonds is 6. The van der Waals surface area contributed by atoms with Gasteiger partial charge < -0.3 is 15.2 Å². The second kappa shape index (κ2) is 8.79. The molecule has 8 heteroatoms. The summed E-state index contributed by atoms with van der Waals surface area (Å²) in [5, 5.41) is 14.8. The van der Waals surface area contributed by atoms with Gasteiger partial charge in [0.25, 0.3) is 0 Å². The normalized spacial score (nSPS) is 15.3. The first-order chi connectivity index (χ1) is 12.0. The fourth-order valence-corrected chi connectivity index (χ4v) is 2.87. The molecule has 0 atom stereocenters. The Morgan fingerprint density at radius 3 is 2.65 bits per heavy atom. The molecule has 1 fully saturated rings. The summed E-state index contributed by atoms with van der Waals surface area (Å²) in [7, 11) is 1.93. The molecule has 1 aromatic carbocycles. The van der Waals surface area contributed by atoms with Crippen molar-refractivity contribution in [2.45, 2.75) is 38.6 Å². The Kier molecular flexibility index (Phi) is 6.96. The van der Waals surface area contributed by atoms with Gasteiger partial charge >= 0.3 is 0 Å². The Morgan fingerprint density at radius 2 is 2.08 bits per heavy atom.